The van der Waals surface area contributed by atoms with Gasteiger partial charge in [-0.2, -0.15) is 0 Å². The minimum Gasteiger partial charge on any atom is -0.373 e. The number of fused-ring (bicyclic) bond motifs is 1. The van der Waals surface area contributed by atoms with Gasteiger partial charge in [-0.15, -0.1) is 0 Å². The Balaban J connectivity index is 2.16. The third-order valence-electron chi connectivity index (χ3n) is 3.52. The van der Waals surface area contributed by atoms with Crippen molar-refractivity contribution in [2.75, 3.05) is 18.9 Å². The molecule has 0 aliphatic rings. The van der Waals surface area contributed by atoms with Gasteiger partial charge in [0.2, 0.25) is 0 Å². The van der Waals surface area contributed by atoms with Crippen molar-refractivity contribution < 1.29 is 4.79 Å². The second-order valence-electron chi connectivity index (χ2n) is 5.61. The van der Waals surface area contributed by atoms with Gasteiger partial charge in [-0.3, -0.25) is 4.79 Å². The van der Waals surface area contributed by atoms with Crippen molar-refractivity contribution in [2.24, 2.45) is 5.92 Å². The normalized spacial score (nSPS) is 10.9. The number of hydrogen-bond acceptors (Lipinski definition) is 3. The maximum Gasteiger partial charge on any atom is 0.253 e. The molecule has 2 rings (SSSR count). The highest BCUT2D eigenvalue weighted by Gasteiger charge is 2.12. The molecule has 1 amide bonds. The molecule has 4 nitrogen and oxygen atoms in total. The molecule has 21 heavy (non-hydrogen) atoms. The molecule has 1 aromatic carbocycles. The lowest BCUT2D eigenvalue weighted by Crippen LogP contribution is -2.25. The largest absolute Gasteiger partial charge is 0.373 e. The molecular weight excluding hydrogens is 262 g/mol. The van der Waals surface area contributed by atoms with Crippen molar-refractivity contribution in [1.82, 2.24) is 10.3 Å². The van der Waals surface area contributed by atoms with Gasteiger partial charge >= 0.3 is 0 Å². The zero-order valence-electron chi connectivity index (χ0n) is 12.9. The number of hydrogen-bond donors (Lipinski definition) is 2. The topological polar surface area (TPSA) is 54.0 Å². The first kappa shape index (κ1) is 15.3. The van der Waals surface area contributed by atoms with Crippen LogP contribution in [0.2, 0.25) is 0 Å². The molecule has 0 saturated heterocycles. The molecule has 112 valence electrons. The highest BCUT2D eigenvalue weighted by Crippen LogP contribution is 2.23. The van der Waals surface area contributed by atoms with Crippen LogP contribution in [-0.2, 0) is 0 Å². The summed E-state index contributed by atoms with van der Waals surface area (Å²) in [5, 5.41) is 7.94. The second kappa shape index (κ2) is 7.07. The van der Waals surface area contributed by atoms with Crippen molar-refractivity contribution in [1.29, 1.82) is 0 Å². The predicted octanol–water partition coefficient (Wildman–Crippen LogP) is 3.44. The summed E-state index contributed by atoms with van der Waals surface area (Å²) in [6.45, 7) is 5.09. The quantitative estimate of drug-likeness (QED) is 0.799. The smallest absolute Gasteiger partial charge is 0.253 e. The first-order valence-electron chi connectivity index (χ1n) is 7.47. The fourth-order valence-electron chi connectivity index (χ4n) is 2.38. The maximum absolute atomic E-state index is 12.3. The van der Waals surface area contributed by atoms with Crippen LogP contribution >= 0.6 is 0 Å². The summed E-state index contributed by atoms with van der Waals surface area (Å²) >= 11 is 0. The molecule has 2 N–H and O–H groups in total. The SMILES string of the molecule is CNc1ncc(C(=O)NCCCC(C)C)c2ccccc12. The molecule has 2 aromatic rings. The molecule has 0 bridgehead atoms. The van der Waals surface area contributed by atoms with Crippen molar-refractivity contribution in [2.45, 2.75) is 26.7 Å². The lowest BCUT2D eigenvalue weighted by atomic mass is 10.1. The molecule has 1 heterocycles. The van der Waals surface area contributed by atoms with Crippen molar-refractivity contribution in [3.63, 3.8) is 0 Å². The van der Waals surface area contributed by atoms with Crippen LogP contribution in [0.3, 0.4) is 0 Å². The van der Waals surface area contributed by atoms with Crippen LogP contribution in [0.4, 0.5) is 5.82 Å². The van der Waals surface area contributed by atoms with E-state index >= 15 is 0 Å². The maximum atomic E-state index is 12.3. The lowest BCUT2D eigenvalue weighted by Gasteiger charge is -2.11. The molecular formula is C17H23N3O. The van der Waals surface area contributed by atoms with Crippen LogP contribution in [0.5, 0.6) is 0 Å². The average molecular weight is 285 g/mol. The van der Waals surface area contributed by atoms with E-state index in [9.17, 15) is 4.79 Å². The van der Waals surface area contributed by atoms with Crippen molar-refractivity contribution in [3.05, 3.63) is 36.0 Å². The first-order valence-corrected chi connectivity index (χ1v) is 7.47. The van der Waals surface area contributed by atoms with E-state index in [1.54, 1.807) is 6.20 Å². The number of nitrogens with zero attached hydrogens (tertiary/aromatic N) is 1. The first-order chi connectivity index (χ1) is 10.1. The van der Waals surface area contributed by atoms with Crippen LogP contribution < -0.4 is 10.6 Å². The number of anilines is 1. The third kappa shape index (κ3) is 3.72. The number of amides is 1. The average Bonchev–Trinajstić information content (AvgIpc) is 2.50. The Morgan fingerprint density at radius 3 is 2.62 bits per heavy atom. The van der Waals surface area contributed by atoms with Crippen LogP contribution in [0.25, 0.3) is 10.8 Å². The van der Waals surface area contributed by atoms with Gasteiger partial charge in [0, 0.05) is 25.2 Å². The Morgan fingerprint density at radius 1 is 1.24 bits per heavy atom. The number of aromatic nitrogens is 1. The summed E-state index contributed by atoms with van der Waals surface area (Å²) < 4.78 is 0. The van der Waals surface area contributed by atoms with Crippen LogP contribution in [-0.4, -0.2) is 24.5 Å². The molecule has 0 aliphatic heterocycles. The zero-order chi connectivity index (χ0) is 15.2. The number of nitrogens with one attached hydrogen (secondary N) is 2. The molecule has 1 aromatic heterocycles. The molecule has 0 spiro atoms. The Kier molecular flexibility index (Phi) is 5.14. The van der Waals surface area contributed by atoms with E-state index in [0.717, 1.165) is 29.4 Å². The van der Waals surface area contributed by atoms with Gasteiger partial charge in [0.05, 0.1) is 5.56 Å². The summed E-state index contributed by atoms with van der Waals surface area (Å²) in [6, 6.07) is 7.83. The fraction of sp³-hybridized carbons (Fsp3) is 0.412. The number of rotatable bonds is 6. The molecule has 0 atom stereocenters. The molecule has 0 fully saturated rings. The van der Waals surface area contributed by atoms with E-state index in [-0.39, 0.29) is 5.91 Å². The monoisotopic (exact) mass is 285 g/mol. The number of benzene rings is 1. The minimum atomic E-state index is -0.0508. The third-order valence-corrected chi connectivity index (χ3v) is 3.52. The summed E-state index contributed by atoms with van der Waals surface area (Å²) in [5.41, 5.74) is 0.633. The summed E-state index contributed by atoms with van der Waals surface area (Å²) in [7, 11) is 1.83. The van der Waals surface area contributed by atoms with Gasteiger partial charge in [0.15, 0.2) is 0 Å². The van der Waals surface area contributed by atoms with Crippen molar-refractivity contribution >= 4 is 22.5 Å². The van der Waals surface area contributed by atoms with Crippen LogP contribution in [0.15, 0.2) is 30.5 Å². The molecule has 0 radical (unpaired) electrons. The van der Waals surface area contributed by atoms with Crippen LogP contribution in [0.1, 0.15) is 37.0 Å². The predicted molar refractivity (Wildman–Crippen MR) is 87.7 cm³/mol. The van der Waals surface area contributed by atoms with Crippen LogP contribution in [0, 0.1) is 5.92 Å². The standard InChI is InChI=1S/C17H23N3O/c1-12(2)7-6-10-19-17(21)15-11-20-16(18-3)14-9-5-4-8-13(14)15/h4-5,8-9,11-12H,6-7,10H2,1-3H3,(H,18,20)(H,19,21). The second-order valence-corrected chi connectivity index (χ2v) is 5.61. The molecule has 0 saturated carbocycles. The highest BCUT2D eigenvalue weighted by atomic mass is 16.1. The summed E-state index contributed by atoms with van der Waals surface area (Å²) in [6.07, 6.45) is 3.77. The van der Waals surface area contributed by atoms with Gasteiger partial charge in [-0.25, -0.2) is 4.98 Å². The van der Waals surface area contributed by atoms with E-state index in [4.69, 9.17) is 0 Å². The Hall–Kier alpha value is -2.10. The number of carbonyl (C=O) groups is 1. The fourth-order valence-corrected chi connectivity index (χ4v) is 2.38. The van der Waals surface area contributed by atoms with E-state index in [1.807, 2.05) is 31.3 Å². The molecule has 4 heteroatoms. The number of pyridine rings is 1. The van der Waals surface area contributed by atoms with Gasteiger partial charge in [-0.05, 0) is 24.1 Å². The van der Waals surface area contributed by atoms with Gasteiger partial charge in [0.1, 0.15) is 5.82 Å². The minimum absolute atomic E-state index is 0.0508. The van der Waals surface area contributed by atoms with E-state index < -0.39 is 0 Å². The number of carbonyl (C=O) groups excluding carboxylic acids is 1. The van der Waals surface area contributed by atoms with E-state index in [2.05, 4.69) is 29.5 Å². The van der Waals surface area contributed by atoms with E-state index in [0.29, 0.717) is 18.0 Å². The molecule has 0 unspecified atom stereocenters. The Labute approximate surface area is 126 Å². The van der Waals surface area contributed by atoms with E-state index in [1.165, 1.54) is 0 Å². The Bertz CT molecular complexity index is 622. The summed E-state index contributed by atoms with van der Waals surface area (Å²) in [4.78, 5) is 16.7. The summed E-state index contributed by atoms with van der Waals surface area (Å²) in [5.74, 6) is 1.41. The Morgan fingerprint density at radius 2 is 1.95 bits per heavy atom. The van der Waals surface area contributed by atoms with Gasteiger partial charge in [-0.1, -0.05) is 38.1 Å². The van der Waals surface area contributed by atoms with Gasteiger partial charge in [0.25, 0.3) is 5.91 Å². The highest BCUT2D eigenvalue weighted by molar-refractivity contribution is 6.09. The van der Waals surface area contributed by atoms with Gasteiger partial charge < -0.3 is 10.6 Å². The molecule has 0 aliphatic carbocycles. The lowest BCUT2D eigenvalue weighted by molar-refractivity contribution is 0.0954. The van der Waals surface area contributed by atoms with Crippen molar-refractivity contribution in [3.8, 4) is 0 Å². The zero-order valence-corrected chi connectivity index (χ0v) is 12.9.